The maximum Gasteiger partial charge on any atom is 0.394 e. The molecule has 21 heavy (non-hydrogen) atoms. The van der Waals surface area contributed by atoms with Crippen molar-refractivity contribution < 1.29 is 33.0 Å². The minimum absolute atomic E-state index is 0.0487. The Balaban J connectivity index is 2.25. The second-order valence-electron chi connectivity index (χ2n) is 4.56. The van der Waals surface area contributed by atoms with Crippen LogP contribution in [0.3, 0.4) is 0 Å². The van der Waals surface area contributed by atoms with Gasteiger partial charge in [-0.15, -0.1) is 0 Å². The monoisotopic (exact) mass is 301 g/mol. The number of nitrogens with zero attached hydrogens (tertiary/aromatic N) is 1. The van der Waals surface area contributed by atoms with Crippen LogP contribution in [-0.2, 0) is 16.1 Å². The summed E-state index contributed by atoms with van der Waals surface area (Å²) >= 11 is 0. The third-order valence-electron chi connectivity index (χ3n) is 2.78. The normalized spacial score (nSPS) is 14.7. The van der Waals surface area contributed by atoms with Gasteiger partial charge in [0.2, 0.25) is 0 Å². The number of rotatable bonds is 2. The highest BCUT2D eigenvalue weighted by Crippen LogP contribution is 2.30. The Labute approximate surface area is 118 Å². The molecule has 0 saturated carbocycles. The van der Waals surface area contributed by atoms with Crippen LogP contribution in [0.4, 0.5) is 8.78 Å². The average molecular weight is 301 g/mol. The van der Waals surface area contributed by atoms with Crippen molar-refractivity contribution in [3.05, 3.63) is 23.8 Å². The van der Waals surface area contributed by atoms with Gasteiger partial charge in [0.1, 0.15) is 18.1 Å². The van der Waals surface area contributed by atoms with Gasteiger partial charge in [-0.25, -0.2) is 4.79 Å². The van der Waals surface area contributed by atoms with Crippen LogP contribution in [0, 0.1) is 0 Å². The van der Waals surface area contributed by atoms with E-state index in [1.807, 2.05) is 0 Å². The van der Waals surface area contributed by atoms with Crippen LogP contribution in [0.5, 0.6) is 11.5 Å². The van der Waals surface area contributed by atoms with Gasteiger partial charge in [0.25, 0.3) is 0 Å². The summed E-state index contributed by atoms with van der Waals surface area (Å²) in [5.41, 5.74) is 0.406. The summed E-state index contributed by atoms with van der Waals surface area (Å²) in [4.78, 5) is 23.3. The smallest absolute Gasteiger partial charge is 0.394 e. The first-order valence-corrected chi connectivity index (χ1v) is 6.11. The number of ether oxygens (including phenoxy) is 2. The lowest BCUT2D eigenvalue weighted by atomic mass is 10.1. The van der Waals surface area contributed by atoms with Crippen LogP contribution in [0.1, 0.15) is 12.5 Å². The first-order valence-electron chi connectivity index (χ1n) is 6.11. The minimum Gasteiger partial charge on any atom is -0.491 e. The summed E-state index contributed by atoms with van der Waals surface area (Å²) in [6.45, 7) is 0.776. The molecule has 114 valence electrons. The third kappa shape index (κ3) is 3.80. The summed E-state index contributed by atoms with van der Waals surface area (Å²) in [5.74, 6) is -2.33. The van der Waals surface area contributed by atoms with Gasteiger partial charge in [-0.2, -0.15) is 8.78 Å². The molecule has 6 nitrogen and oxygen atoms in total. The SMILES string of the molecule is CC(F)(F)Oc1ccc2c(c1)CN(C(=O)C(=O)O)CCO2. The third-order valence-corrected chi connectivity index (χ3v) is 2.78. The number of alkyl halides is 2. The molecule has 1 aromatic carbocycles. The highest BCUT2D eigenvalue weighted by atomic mass is 19.3. The Hall–Kier alpha value is -2.38. The highest BCUT2D eigenvalue weighted by Gasteiger charge is 2.27. The number of hydrogen-bond donors (Lipinski definition) is 1. The molecule has 1 aromatic rings. The molecule has 1 heterocycles. The molecule has 1 aliphatic heterocycles. The van der Waals surface area contributed by atoms with Crippen molar-refractivity contribution in [3.63, 3.8) is 0 Å². The van der Waals surface area contributed by atoms with Gasteiger partial charge in [0, 0.05) is 12.5 Å². The highest BCUT2D eigenvalue weighted by molar-refractivity contribution is 6.31. The van der Waals surface area contributed by atoms with Crippen molar-refractivity contribution in [3.8, 4) is 11.5 Å². The Morgan fingerprint density at radius 1 is 1.43 bits per heavy atom. The van der Waals surface area contributed by atoms with Gasteiger partial charge >= 0.3 is 18.0 Å². The van der Waals surface area contributed by atoms with Gasteiger partial charge in [0.15, 0.2) is 0 Å². The zero-order valence-electron chi connectivity index (χ0n) is 11.1. The van der Waals surface area contributed by atoms with Crippen molar-refractivity contribution in [2.45, 2.75) is 19.6 Å². The number of aliphatic carboxylic acids is 1. The van der Waals surface area contributed by atoms with Gasteiger partial charge in [-0.05, 0) is 18.2 Å². The van der Waals surface area contributed by atoms with E-state index in [1.54, 1.807) is 0 Å². The van der Waals surface area contributed by atoms with E-state index in [-0.39, 0.29) is 25.4 Å². The molecule has 2 rings (SSSR count). The van der Waals surface area contributed by atoms with Crippen molar-refractivity contribution >= 4 is 11.9 Å². The molecule has 1 aliphatic rings. The van der Waals surface area contributed by atoms with Crippen LogP contribution in [0.25, 0.3) is 0 Å². The molecule has 0 fully saturated rings. The number of hydrogen-bond acceptors (Lipinski definition) is 4. The number of benzene rings is 1. The van der Waals surface area contributed by atoms with Gasteiger partial charge in [-0.3, -0.25) is 4.79 Å². The lowest BCUT2D eigenvalue weighted by Crippen LogP contribution is -2.37. The Bertz CT molecular complexity index is 570. The Morgan fingerprint density at radius 2 is 2.14 bits per heavy atom. The molecule has 1 amide bonds. The van der Waals surface area contributed by atoms with Crippen molar-refractivity contribution in [1.82, 2.24) is 4.90 Å². The number of halogens is 2. The summed E-state index contributed by atoms with van der Waals surface area (Å²) in [5, 5.41) is 8.73. The van der Waals surface area contributed by atoms with Crippen LogP contribution in [-0.4, -0.2) is 41.1 Å². The first kappa shape index (κ1) is 15.0. The van der Waals surface area contributed by atoms with E-state index in [9.17, 15) is 18.4 Å². The second kappa shape index (κ2) is 5.55. The van der Waals surface area contributed by atoms with E-state index in [2.05, 4.69) is 4.74 Å². The number of carboxylic acids is 1. The summed E-state index contributed by atoms with van der Waals surface area (Å²) in [6.07, 6.45) is -3.34. The minimum atomic E-state index is -3.34. The van der Waals surface area contributed by atoms with Crippen LogP contribution >= 0.6 is 0 Å². The first-order chi connectivity index (χ1) is 9.76. The molecule has 0 atom stereocenters. The quantitative estimate of drug-likeness (QED) is 0.837. The molecule has 0 radical (unpaired) electrons. The predicted molar refractivity (Wildman–Crippen MR) is 66.2 cm³/mol. The van der Waals surface area contributed by atoms with Crippen molar-refractivity contribution in [2.75, 3.05) is 13.2 Å². The van der Waals surface area contributed by atoms with E-state index in [0.717, 1.165) is 4.90 Å². The molecular weight excluding hydrogens is 288 g/mol. The number of carbonyl (C=O) groups is 2. The lowest BCUT2D eigenvalue weighted by Gasteiger charge is -2.18. The van der Waals surface area contributed by atoms with Crippen molar-refractivity contribution in [2.24, 2.45) is 0 Å². The van der Waals surface area contributed by atoms with E-state index < -0.39 is 18.0 Å². The second-order valence-corrected chi connectivity index (χ2v) is 4.56. The van der Waals surface area contributed by atoms with Gasteiger partial charge in [0.05, 0.1) is 13.1 Å². The predicted octanol–water partition coefficient (Wildman–Crippen LogP) is 1.48. The molecule has 0 aromatic heterocycles. The summed E-state index contributed by atoms with van der Waals surface area (Å²) < 4.78 is 35.5. The zero-order valence-corrected chi connectivity index (χ0v) is 11.1. The lowest BCUT2D eigenvalue weighted by molar-refractivity contribution is -0.159. The van der Waals surface area contributed by atoms with E-state index >= 15 is 0 Å². The maximum absolute atomic E-state index is 12.8. The van der Waals surface area contributed by atoms with Crippen LogP contribution in [0.2, 0.25) is 0 Å². The number of amides is 1. The van der Waals surface area contributed by atoms with Gasteiger partial charge in [-0.1, -0.05) is 0 Å². The maximum atomic E-state index is 12.8. The molecule has 0 unspecified atom stereocenters. The fraction of sp³-hybridized carbons (Fsp3) is 0.385. The molecule has 0 spiro atoms. The number of carbonyl (C=O) groups excluding carboxylic acids is 1. The standard InChI is InChI=1S/C13H13F2NO5/c1-13(14,15)21-9-2-3-10-8(6-9)7-16(4-5-20-10)11(17)12(18)19/h2-3,6H,4-5,7H2,1H3,(H,18,19). The molecule has 1 N–H and O–H groups in total. The van der Waals surface area contributed by atoms with E-state index in [1.165, 1.54) is 18.2 Å². The largest absolute Gasteiger partial charge is 0.491 e. The molecule has 0 saturated heterocycles. The van der Waals surface area contributed by atoms with Gasteiger partial charge < -0.3 is 19.5 Å². The summed E-state index contributed by atoms with van der Waals surface area (Å²) in [6, 6.07) is 4.08. The molecule has 8 heteroatoms. The zero-order chi connectivity index (χ0) is 15.6. The van der Waals surface area contributed by atoms with Crippen molar-refractivity contribution in [1.29, 1.82) is 0 Å². The Morgan fingerprint density at radius 3 is 2.76 bits per heavy atom. The molecular formula is C13H13F2NO5. The van der Waals surface area contributed by atoms with E-state index in [0.29, 0.717) is 18.2 Å². The fourth-order valence-corrected chi connectivity index (χ4v) is 1.95. The summed E-state index contributed by atoms with van der Waals surface area (Å²) in [7, 11) is 0. The fourth-order valence-electron chi connectivity index (χ4n) is 1.95. The number of fused-ring (bicyclic) bond motifs is 1. The molecule has 0 bridgehead atoms. The topological polar surface area (TPSA) is 76.1 Å². The van der Waals surface area contributed by atoms with Crippen LogP contribution < -0.4 is 9.47 Å². The number of carboxylic acid groups (broad SMARTS) is 1. The molecule has 0 aliphatic carbocycles. The average Bonchev–Trinajstić information content (AvgIpc) is 2.57. The Kier molecular flexibility index (Phi) is 3.97. The van der Waals surface area contributed by atoms with Crippen LogP contribution in [0.15, 0.2) is 18.2 Å². The van der Waals surface area contributed by atoms with E-state index in [4.69, 9.17) is 9.84 Å².